The van der Waals surface area contributed by atoms with Gasteiger partial charge < -0.3 is 0 Å². The van der Waals surface area contributed by atoms with E-state index in [1.807, 2.05) is 0 Å². The molecule has 32 heavy (non-hydrogen) atoms. The van der Waals surface area contributed by atoms with Crippen LogP contribution >= 0.6 is 0 Å². The SMILES string of the molecule is Cc1ccc(-c2n[nH]c(=O)c3c2CCCC3)cc1S(=O)(=O)Nc1ccc(S(N)(=O)=O)cc1. The molecule has 0 atom stereocenters. The zero-order valence-electron chi connectivity index (χ0n) is 17.3. The second-order valence-corrected chi connectivity index (χ2v) is 10.9. The third kappa shape index (κ3) is 4.31. The average Bonchev–Trinajstić information content (AvgIpc) is 2.74. The Bertz CT molecular complexity index is 1460. The molecule has 0 amide bonds. The summed E-state index contributed by atoms with van der Waals surface area (Å²) in [6.07, 6.45) is 3.26. The molecule has 3 aromatic rings. The highest BCUT2D eigenvalue weighted by atomic mass is 32.2. The first-order valence-electron chi connectivity index (χ1n) is 9.93. The van der Waals surface area contributed by atoms with Crippen LogP contribution in [-0.2, 0) is 32.9 Å². The number of aryl methyl sites for hydroxylation is 1. The monoisotopic (exact) mass is 474 g/mol. The number of sulfonamides is 2. The number of rotatable bonds is 5. The number of H-pyrrole nitrogens is 1. The van der Waals surface area contributed by atoms with E-state index in [4.69, 9.17) is 5.14 Å². The number of fused-ring (bicyclic) bond motifs is 1. The third-order valence-electron chi connectivity index (χ3n) is 5.48. The van der Waals surface area contributed by atoms with Crippen molar-refractivity contribution in [3.05, 3.63) is 69.5 Å². The molecule has 1 aromatic heterocycles. The number of nitrogens with two attached hydrogens (primary N) is 1. The van der Waals surface area contributed by atoms with E-state index in [-0.39, 0.29) is 21.0 Å². The molecule has 0 saturated heterocycles. The van der Waals surface area contributed by atoms with Crippen LogP contribution in [0.3, 0.4) is 0 Å². The summed E-state index contributed by atoms with van der Waals surface area (Å²) in [6, 6.07) is 10.1. The zero-order chi connectivity index (χ0) is 23.1. The van der Waals surface area contributed by atoms with E-state index in [1.54, 1.807) is 19.1 Å². The summed E-state index contributed by atoms with van der Waals surface area (Å²) in [5.41, 5.74) is 3.26. The van der Waals surface area contributed by atoms with E-state index in [2.05, 4.69) is 14.9 Å². The van der Waals surface area contributed by atoms with Gasteiger partial charge >= 0.3 is 0 Å². The molecule has 0 spiro atoms. The molecule has 1 aliphatic carbocycles. The van der Waals surface area contributed by atoms with Gasteiger partial charge in [0.1, 0.15) is 0 Å². The maximum atomic E-state index is 13.1. The Labute approximate surface area is 185 Å². The van der Waals surface area contributed by atoms with Crippen molar-refractivity contribution in [3.63, 3.8) is 0 Å². The van der Waals surface area contributed by atoms with Crippen LogP contribution in [0.15, 0.2) is 57.1 Å². The molecular weight excluding hydrogens is 452 g/mol. The van der Waals surface area contributed by atoms with Gasteiger partial charge in [-0.3, -0.25) is 9.52 Å². The van der Waals surface area contributed by atoms with Crippen LogP contribution in [0.1, 0.15) is 29.5 Å². The molecule has 1 aliphatic rings. The van der Waals surface area contributed by atoms with Crippen molar-refractivity contribution in [1.29, 1.82) is 0 Å². The molecule has 168 valence electrons. The summed E-state index contributed by atoms with van der Waals surface area (Å²) in [5, 5.41) is 11.8. The van der Waals surface area contributed by atoms with Crippen LogP contribution in [0.25, 0.3) is 11.3 Å². The Morgan fingerprint density at radius 2 is 1.62 bits per heavy atom. The predicted octanol–water partition coefficient (Wildman–Crippen LogP) is 2.07. The lowest BCUT2D eigenvalue weighted by Crippen LogP contribution is -2.21. The first kappa shape index (κ1) is 22.2. The molecule has 0 unspecified atom stereocenters. The van der Waals surface area contributed by atoms with Gasteiger partial charge in [0.15, 0.2) is 0 Å². The van der Waals surface area contributed by atoms with Gasteiger partial charge in [-0.25, -0.2) is 27.1 Å². The van der Waals surface area contributed by atoms with Crippen molar-refractivity contribution >= 4 is 25.7 Å². The number of hydrogen-bond acceptors (Lipinski definition) is 6. The fourth-order valence-corrected chi connectivity index (χ4v) is 5.70. The average molecular weight is 475 g/mol. The van der Waals surface area contributed by atoms with E-state index in [1.165, 1.54) is 30.3 Å². The van der Waals surface area contributed by atoms with Gasteiger partial charge in [0.05, 0.1) is 15.5 Å². The molecule has 0 saturated carbocycles. The number of nitrogens with one attached hydrogen (secondary N) is 2. The van der Waals surface area contributed by atoms with Gasteiger partial charge in [-0.05, 0) is 74.1 Å². The number of aromatic amines is 1. The van der Waals surface area contributed by atoms with Crippen LogP contribution in [0.2, 0.25) is 0 Å². The second-order valence-electron chi connectivity index (χ2n) is 7.72. The van der Waals surface area contributed by atoms with Crippen molar-refractivity contribution in [3.8, 4) is 11.3 Å². The first-order valence-corrected chi connectivity index (χ1v) is 13.0. The van der Waals surface area contributed by atoms with Gasteiger partial charge in [-0.15, -0.1) is 0 Å². The number of hydrogen-bond donors (Lipinski definition) is 3. The van der Waals surface area contributed by atoms with E-state index < -0.39 is 20.0 Å². The van der Waals surface area contributed by atoms with Crippen molar-refractivity contribution in [2.24, 2.45) is 5.14 Å². The van der Waals surface area contributed by atoms with Crippen LogP contribution < -0.4 is 15.4 Å². The lowest BCUT2D eigenvalue weighted by atomic mass is 9.90. The summed E-state index contributed by atoms with van der Waals surface area (Å²) in [5.74, 6) is 0. The second kappa shape index (κ2) is 8.15. The van der Waals surface area contributed by atoms with Crippen molar-refractivity contribution < 1.29 is 16.8 Å². The van der Waals surface area contributed by atoms with Crippen LogP contribution in [0, 0.1) is 6.92 Å². The number of anilines is 1. The van der Waals surface area contributed by atoms with Crippen LogP contribution in [-0.4, -0.2) is 27.0 Å². The normalized spacial score (nSPS) is 14.1. The minimum atomic E-state index is -3.98. The van der Waals surface area contributed by atoms with Crippen LogP contribution in [0.5, 0.6) is 0 Å². The summed E-state index contributed by atoms with van der Waals surface area (Å²) >= 11 is 0. The predicted molar refractivity (Wildman–Crippen MR) is 120 cm³/mol. The molecule has 0 bridgehead atoms. The highest BCUT2D eigenvalue weighted by Gasteiger charge is 2.22. The highest BCUT2D eigenvalue weighted by molar-refractivity contribution is 7.92. The standard InChI is InChI=1S/C21H22N4O5S2/c1-13-6-7-14(20-17-4-2-3-5-18(17)21(26)24-23-20)12-19(13)32(29,30)25-15-8-10-16(11-9-15)31(22,27)28/h6-12,25H,2-5H2,1H3,(H,24,26)(H2,22,27,28). The molecular formula is C21H22N4O5S2. The molecule has 4 N–H and O–H groups in total. The van der Waals surface area contributed by atoms with Crippen molar-refractivity contribution in [1.82, 2.24) is 10.2 Å². The van der Waals surface area contributed by atoms with Crippen LogP contribution in [0.4, 0.5) is 5.69 Å². The van der Waals surface area contributed by atoms with E-state index in [0.717, 1.165) is 18.4 Å². The Morgan fingerprint density at radius 1 is 0.969 bits per heavy atom. The third-order valence-corrected chi connectivity index (χ3v) is 7.94. The van der Waals surface area contributed by atoms with Crippen molar-refractivity contribution in [2.75, 3.05) is 4.72 Å². The minimum Gasteiger partial charge on any atom is -0.280 e. The Morgan fingerprint density at radius 3 is 2.28 bits per heavy atom. The summed E-state index contributed by atoms with van der Waals surface area (Å²) < 4.78 is 51.5. The quantitative estimate of drug-likeness (QED) is 0.515. The number of nitrogens with zero attached hydrogens (tertiary/aromatic N) is 1. The molecule has 11 heteroatoms. The molecule has 0 aliphatic heterocycles. The number of benzene rings is 2. The molecule has 4 rings (SSSR count). The van der Waals surface area contributed by atoms with E-state index in [9.17, 15) is 21.6 Å². The Kier molecular flexibility index (Phi) is 5.65. The number of aromatic nitrogens is 2. The van der Waals surface area contributed by atoms with E-state index >= 15 is 0 Å². The summed E-state index contributed by atoms with van der Waals surface area (Å²) in [7, 11) is -7.86. The van der Waals surface area contributed by atoms with Gasteiger partial charge in [0.25, 0.3) is 15.6 Å². The Hall–Kier alpha value is -3.02. The molecule has 0 radical (unpaired) electrons. The van der Waals surface area contributed by atoms with Gasteiger partial charge in [-0.1, -0.05) is 12.1 Å². The maximum Gasteiger partial charge on any atom is 0.267 e. The Balaban J connectivity index is 1.72. The molecule has 2 aromatic carbocycles. The van der Waals surface area contributed by atoms with Gasteiger partial charge in [-0.2, -0.15) is 5.10 Å². The van der Waals surface area contributed by atoms with Crippen molar-refractivity contribution in [2.45, 2.75) is 42.4 Å². The first-order chi connectivity index (χ1) is 15.1. The lowest BCUT2D eigenvalue weighted by molar-refractivity contribution is 0.597. The lowest BCUT2D eigenvalue weighted by Gasteiger charge is -2.18. The largest absolute Gasteiger partial charge is 0.280 e. The number of primary sulfonamides is 1. The molecule has 0 fully saturated rings. The topological polar surface area (TPSA) is 152 Å². The molecule has 1 heterocycles. The maximum absolute atomic E-state index is 13.1. The van der Waals surface area contributed by atoms with E-state index in [0.29, 0.717) is 35.2 Å². The smallest absolute Gasteiger partial charge is 0.267 e. The minimum absolute atomic E-state index is 0.0584. The van der Waals surface area contributed by atoms with Gasteiger partial charge in [0, 0.05) is 16.8 Å². The highest BCUT2D eigenvalue weighted by Crippen LogP contribution is 2.30. The zero-order valence-corrected chi connectivity index (χ0v) is 18.9. The molecule has 9 nitrogen and oxygen atoms in total. The summed E-state index contributed by atoms with van der Waals surface area (Å²) in [6.45, 7) is 1.68. The van der Waals surface area contributed by atoms with Gasteiger partial charge in [0.2, 0.25) is 10.0 Å². The summed E-state index contributed by atoms with van der Waals surface area (Å²) in [4.78, 5) is 12.1. The fraction of sp³-hybridized carbons (Fsp3) is 0.238. The fourth-order valence-electron chi connectivity index (χ4n) is 3.86.